The molecule has 150 valence electrons. The molecule has 3 rings (SSSR count). The quantitative estimate of drug-likeness (QED) is 0.844. The second-order valence-corrected chi connectivity index (χ2v) is 6.94. The van der Waals surface area contributed by atoms with Crippen LogP contribution in [0.15, 0.2) is 18.2 Å². The number of rotatable bonds is 5. The molecule has 1 atom stereocenters. The van der Waals surface area contributed by atoms with Gasteiger partial charge in [0.25, 0.3) is 6.43 Å². The van der Waals surface area contributed by atoms with E-state index in [9.17, 15) is 18.0 Å². The molecule has 0 aliphatic carbocycles. The van der Waals surface area contributed by atoms with E-state index < -0.39 is 23.8 Å². The number of carbonyl (C=O) groups is 1. The van der Waals surface area contributed by atoms with Crippen molar-refractivity contribution in [2.45, 2.75) is 39.3 Å². The first-order valence-electron chi connectivity index (χ1n) is 8.86. The SMILES string of the molecule is Cc1nc2c(c(N[C@H](C)c3cccc(C(F)F)c3F)n1)CN(N(C)C)C(=O)C2. The first kappa shape index (κ1) is 20.1. The van der Waals surface area contributed by atoms with E-state index in [4.69, 9.17) is 0 Å². The summed E-state index contributed by atoms with van der Waals surface area (Å²) in [5.41, 5.74) is 0.846. The minimum Gasteiger partial charge on any atom is -0.363 e. The van der Waals surface area contributed by atoms with Crippen molar-refractivity contribution in [2.24, 2.45) is 0 Å². The van der Waals surface area contributed by atoms with Crippen molar-refractivity contribution in [1.29, 1.82) is 0 Å². The van der Waals surface area contributed by atoms with Crippen LogP contribution in [0.4, 0.5) is 19.0 Å². The van der Waals surface area contributed by atoms with Gasteiger partial charge in [0.05, 0.1) is 30.3 Å². The fraction of sp³-hybridized carbons (Fsp3) is 0.421. The molecule has 9 heteroatoms. The van der Waals surface area contributed by atoms with Crippen LogP contribution in [-0.4, -0.2) is 40.0 Å². The van der Waals surface area contributed by atoms with Gasteiger partial charge >= 0.3 is 0 Å². The Morgan fingerprint density at radius 3 is 2.54 bits per heavy atom. The Bertz CT molecular complexity index is 903. The molecule has 0 bridgehead atoms. The first-order chi connectivity index (χ1) is 13.2. The van der Waals surface area contributed by atoms with Gasteiger partial charge in [0, 0.05) is 25.2 Å². The van der Waals surface area contributed by atoms with E-state index in [0.29, 0.717) is 17.3 Å². The number of aromatic nitrogens is 2. The average molecular weight is 393 g/mol. The van der Waals surface area contributed by atoms with Gasteiger partial charge in [-0.3, -0.25) is 9.80 Å². The summed E-state index contributed by atoms with van der Waals surface area (Å²) in [6, 6.07) is 3.34. The third-order valence-electron chi connectivity index (χ3n) is 4.72. The topological polar surface area (TPSA) is 61.4 Å². The Hall–Kier alpha value is -2.68. The highest BCUT2D eigenvalue weighted by Gasteiger charge is 2.29. The number of nitrogens with zero attached hydrogens (tertiary/aromatic N) is 4. The van der Waals surface area contributed by atoms with Crippen molar-refractivity contribution in [3.8, 4) is 0 Å². The Labute approximate surface area is 161 Å². The average Bonchev–Trinajstić information content (AvgIpc) is 2.60. The van der Waals surface area contributed by atoms with Gasteiger partial charge < -0.3 is 5.32 Å². The normalized spacial score (nSPS) is 15.2. The molecular formula is C19H22F3N5O. The molecule has 1 N–H and O–H groups in total. The minimum atomic E-state index is -2.89. The summed E-state index contributed by atoms with van der Waals surface area (Å²) in [5, 5.41) is 6.36. The third-order valence-corrected chi connectivity index (χ3v) is 4.72. The van der Waals surface area contributed by atoms with E-state index in [2.05, 4.69) is 15.3 Å². The second-order valence-electron chi connectivity index (χ2n) is 6.94. The Balaban J connectivity index is 1.96. The van der Waals surface area contributed by atoms with Gasteiger partial charge in [0.1, 0.15) is 17.5 Å². The van der Waals surface area contributed by atoms with E-state index in [-0.39, 0.29) is 24.4 Å². The summed E-state index contributed by atoms with van der Waals surface area (Å²) in [6.07, 6.45) is -2.75. The number of alkyl halides is 2. The molecule has 1 aromatic carbocycles. The molecule has 0 saturated heterocycles. The van der Waals surface area contributed by atoms with Crippen molar-refractivity contribution >= 4 is 11.7 Å². The molecule has 0 fully saturated rings. The van der Waals surface area contributed by atoms with Gasteiger partial charge in [-0.2, -0.15) is 0 Å². The zero-order valence-electron chi connectivity index (χ0n) is 16.1. The lowest BCUT2D eigenvalue weighted by Gasteiger charge is -2.34. The molecular weight excluding hydrogens is 371 g/mol. The van der Waals surface area contributed by atoms with Crippen molar-refractivity contribution in [3.05, 3.63) is 52.2 Å². The Kier molecular flexibility index (Phi) is 5.55. The molecule has 0 radical (unpaired) electrons. The number of carbonyl (C=O) groups excluding carboxylic acids is 1. The van der Waals surface area contributed by atoms with Crippen LogP contribution in [0.1, 0.15) is 47.6 Å². The van der Waals surface area contributed by atoms with E-state index in [1.165, 1.54) is 12.1 Å². The van der Waals surface area contributed by atoms with Crippen LogP contribution in [0.2, 0.25) is 0 Å². The van der Waals surface area contributed by atoms with Gasteiger partial charge in [-0.25, -0.2) is 28.1 Å². The smallest absolute Gasteiger partial charge is 0.266 e. The highest BCUT2D eigenvalue weighted by Crippen LogP contribution is 2.31. The maximum atomic E-state index is 14.5. The zero-order chi connectivity index (χ0) is 20.6. The number of hydrazine groups is 1. The highest BCUT2D eigenvalue weighted by molar-refractivity contribution is 5.80. The maximum Gasteiger partial charge on any atom is 0.266 e. The molecule has 0 saturated carbocycles. The number of fused-ring (bicyclic) bond motifs is 1. The van der Waals surface area contributed by atoms with Gasteiger partial charge in [0.15, 0.2) is 0 Å². The molecule has 2 heterocycles. The lowest BCUT2D eigenvalue weighted by Crippen LogP contribution is -2.45. The van der Waals surface area contributed by atoms with Gasteiger partial charge in [-0.15, -0.1) is 0 Å². The van der Waals surface area contributed by atoms with Crippen LogP contribution in [0.25, 0.3) is 0 Å². The number of benzene rings is 1. The molecule has 2 aromatic rings. The van der Waals surface area contributed by atoms with Crippen LogP contribution in [0, 0.1) is 12.7 Å². The minimum absolute atomic E-state index is 0.0784. The van der Waals surface area contributed by atoms with Gasteiger partial charge in [0.2, 0.25) is 5.91 Å². The van der Waals surface area contributed by atoms with Gasteiger partial charge in [-0.05, 0) is 13.8 Å². The number of halogens is 3. The standard InChI is InChI=1S/C19H22F3N5O/c1-10(12-6-5-7-13(17(12)20)18(21)22)23-19-14-9-27(26(3)4)16(28)8-15(14)24-11(2)25-19/h5-7,10,18H,8-9H2,1-4H3,(H,23,24,25)/t10-/m1/s1. The molecule has 1 aromatic heterocycles. The fourth-order valence-corrected chi connectivity index (χ4v) is 3.28. The summed E-state index contributed by atoms with van der Waals surface area (Å²) in [6.45, 7) is 3.65. The Morgan fingerprint density at radius 2 is 1.89 bits per heavy atom. The maximum absolute atomic E-state index is 14.5. The number of aryl methyl sites for hydroxylation is 1. The summed E-state index contributed by atoms with van der Waals surface area (Å²) in [4.78, 5) is 21.1. The largest absolute Gasteiger partial charge is 0.363 e. The number of nitrogens with one attached hydrogen (secondary N) is 1. The highest BCUT2D eigenvalue weighted by atomic mass is 19.3. The number of anilines is 1. The van der Waals surface area contributed by atoms with E-state index in [1.807, 2.05) is 0 Å². The van der Waals surface area contributed by atoms with E-state index in [0.717, 1.165) is 11.6 Å². The lowest BCUT2D eigenvalue weighted by molar-refractivity contribution is -0.146. The van der Waals surface area contributed by atoms with Crippen LogP contribution in [0.3, 0.4) is 0 Å². The van der Waals surface area contributed by atoms with Gasteiger partial charge in [-0.1, -0.05) is 18.2 Å². The Morgan fingerprint density at radius 1 is 1.21 bits per heavy atom. The summed E-state index contributed by atoms with van der Waals surface area (Å²) in [7, 11) is 3.53. The number of amides is 1. The lowest BCUT2D eigenvalue weighted by atomic mass is 10.0. The van der Waals surface area contributed by atoms with Crippen molar-refractivity contribution in [1.82, 2.24) is 20.0 Å². The molecule has 1 amide bonds. The predicted molar refractivity (Wildman–Crippen MR) is 98.1 cm³/mol. The second kappa shape index (κ2) is 7.75. The van der Waals surface area contributed by atoms with Crippen LogP contribution < -0.4 is 5.32 Å². The zero-order valence-corrected chi connectivity index (χ0v) is 16.1. The van der Waals surface area contributed by atoms with E-state index >= 15 is 0 Å². The molecule has 28 heavy (non-hydrogen) atoms. The molecule has 1 aliphatic rings. The van der Waals surface area contributed by atoms with Crippen molar-refractivity contribution in [3.63, 3.8) is 0 Å². The molecule has 6 nitrogen and oxygen atoms in total. The number of hydrogen-bond acceptors (Lipinski definition) is 5. The van der Waals surface area contributed by atoms with Crippen LogP contribution in [0.5, 0.6) is 0 Å². The summed E-state index contributed by atoms with van der Waals surface area (Å²) in [5.74, 6) is -0.0647. The molecule has 1 aliphatic heterocycles. The van der Waals surface area contributed by atoms with Crippen LogP contribution >= 0.6 is 0 Å². The van der Waals surface area contributed by atoms with Crippen molar-refractivity contribution in [2.75, 3.05) is 19.4 Å². The molecule has 0 unspecified atom stereocenters. The predicted octanol–water partition coefficient (Wildman–Crippen LogP) is 3.40. The monoisotopic (exact) mass is 393 g/mol. The fourth-order valence-electron chi connectivity index (χ4n) is 3.28. The number of hydrogen-bond donors (Lipinski definition) is 1. The third kappa shape index (κ3) is 3.80. The first-order valence-corrected chi connectivity index (χ1v) is 8.86. The van der Waals surface area contributed by atoms with Crippen LogP contribution in [-0.2, 0) is 17.8 Å². The summed E-state index contributed by atoms with van der Waals surface area (Å²) < 4.78 is 40.5. The summed E-state index contributed by atoms with van der Waals surface area (Å²) >= 11 is 0. The van der Waals surface area contributed by atoms with E-state index in [1.54, 1.807) is 38.0 Å². The molecule has 0 spiro atoms. The van der Waals surface area contributed by atoms with Crippen molar-refractivity contribution < 1.29 is 18.0 Å².